The van der Waals surface area contributed by atoms with Gasteiger partial charge in [0, 0.05) is 18.9 Å². The fraction of sp³-hybridized carbons (Fsp3) is 0.607. The van der Waals surface area contributed by atoms with Gasteiger partial charge in [0.1, 0.15) is 11.7 Å². The summed E-state index contributed by atoms with van der Waals surface area (Å²) in [6.45, 7) is 1.42. The van der Waals surface area contributed by atoms with E-state index in [0.717, 1.165) is 32.1 Å². The molecule has 1 aliphatic carbocycles. The second-order valence-corrected chi connectivity index (χ2v) is 11.0. The highest BCUT2D eigenvalue weighted by molar-refractivity contribution is 6.01. The van der Waals surface area contributed by atoms with Crippen molar-refractivity contribution >= 4 is 23.4 Å². The van der Waals surface area contributed by atoms with E-state index in [-0.39, 0.29) is 23.4 Å². The first kappa shape index (κ1) is 28.1. The first-order valence-corrected chi connectivity index (χ1v) is 14.0. The zero-order chi connectivity index (χ0) is 28.3. The summed E-state index contributed by atoms with van der Waals surface area (Å²) in [5.74, 6) is -4.03. The number of ether oxygens (including phenoxy) is 1. The first-order chi connectivity index (χ1) is 19.2. The Hall–Kier alpha value is -3.41. The van der Waals surface area contributed by atoms with Gasteiger partial charge in [-0.2, -0.15) is 0 Å². The average Bonchev–Trinajstić information content (AvgIpc) is 3.44. The molecule has 1 aromatic carbocycles. The smallest absolute Gasteiger partial charge is 0.282 e. The van der Waals surface area contributed by atoms with Crippen LogP contribution in [-0.4, -0.2) is 71.2 Å². The van der Waals surface area contributed by atoms with Crippen LogP contribution in [0.25, 0.3) is 0 Å². The normalized spacial score (nSPS) is 21.2. The second kappa shape index (κ2) is 11.6. The molecule has 216 valence electrons. The lowest BCUT2D eigenvalue weighted by Gasteiger charge is -2.46. The molecule has 1 atom stereocenters. The number of carbonyl (C=O) groups is 3. The van der Waals surface area contributed by atoms with E-state index < -0.39 is 36.4 Å². The van der Waals surface area contributed by atoms with Gasteiger partial charge in [0.25, 0.3) is 11.8 Å². The van der Waals surface area contributed by atoms with Crippen molar-refractivity contribution in [3.8, 4) is 0 Å². The Balaban J connectivity index is 1.32. The van der Waals surface area contributed by atoms with Crippen LogP contribution in [0.3, 0.4) is 0 Å². The lowest BCUT2D eigenvalue weighted by molar-refractivity contribution is -0.174. The van der Waals surface area contributed by atoms with Crippen LogP contribution in [0.4, 0.5) is 14.5 Å². The first-order valence-electron chi connectivity index (χ1n) is 14.0. The molecule has 3 fully saturated rings. The molecule has 10 nitrogen and oxygen atoms in total. The molecule has 1 aromatic heterocycles. The average molecular weight is 560 g/mol. The minimum absolute atomic E-state index is 0.0281. The van der Waals surface area contributed by atoms with Crippen LogP contribution in [0.2, 0.25) is 0 Å². The van der Waals surface area contributed by atoms with Crippen LogP contribution in [-0.2, 0) is 26.2 Å². The predicted octanol–water partition coefficient (Wildman–Crippen LogP) is 3.48. The lowest BCUT2D eigenvalue weighted by Crippen LogP contribution is -2.63. The molecule has 3 aliphatic rings. The third-order valence-corrected chi connectivity index (χ3v) is 8.39. The predicted molar refractivity (Wildman–Crippen MR) is 140 cm³/mol. The van der Waals surface area contributed by atoms with Crippen LogP contribution in [0.1, 0.15) is 73.6 Å². The zero-order valence-corrected chi connectivity index (χ0v) is 22.6. The standard InChI is InChI=1S/C28H35F2N5O5/c1-2-21-23(34-40-33-21)25(37)32-22(18-6-4-3-5-7-18)24(36)31-20-10-8-19(9-11-20)27(12-14-39-15-13-27)26(38)35-16-28(29,30)17-35/h8-11,18,22H,2-7,12-17H2,1H3,(H,31,36)(H,32,37)/t22-/m0/s1. The van der Waals surface area contributed by atoms with Crippen molar-refractivity contribution in [2.45, 2.75) is 75.7 Å². The maximum Gasteiger partial charge on any atom is 0.282 e. The number of aryl methyl sites for hydroxylation is 1. The van der Waals surface area contributed by atoms with Gasteiger partial charge in [-0.25, -0.2) is 13.4 Å². The summed E-state index contributed by atoms with van der Waals surface area (Å²) in [4.78, 5) is 41.1. The number of amides is 3. The fourth-order valence-electron chi connectivity index (χ4n) is 6.08. The molecule has 0 radical (unpaired) electrons. The van der Waals surface area contributed by atoms with Gasteiger partial charge < -0.3 is 20.3 Å². The van der Waals surface area contributed by atoms with Gasteiger partial charge in [-0.05, 0) is 60.9 Å². The Labute approximate surface area is 231 Å². The number of halogens is 2. The third kappa shape index (κ3) is 5.72. The largest absolute Gasteiger partial charge is 0.381 e. The molecular weight excluding hydrogens is 524 g/mol. The number of benzene rings is 1. The SMILES string of the molecule is CCc1nonc1C(=O)N[C@H](C(=O)Nc1ccc(C2(C(=O)N3CC(F)(F)C3)CCOCC2)cc1)C1CCCCC1. The monoisotopic (exact) mass is 559 g/mol. The van der Waals surface area contributed by atoms with Crippen LogP contribution in [0.5, 0.6) is 0 Å². The van der Waals surface area contributed by atoms with E-state index in [9.17, 15) is 23.2 Å². The highest BCUT2D eigenvalue weighted by Gasteiger charge is 2.53. The van der Waals surface area contributed by atoms with Crippen LogP contribution in [0.15, 0.2) is 28.9 Å². The van der Waals surface area contributed by atoms with Crippen molar-refractivity contribution in [2.24, 2.45) is 5.92 Å². The maximum absolute atomic E-state index is 13.5. The van der Waals surface area contributed by atoms with Gasteiger partial charge in [-0.1, -0.05) is 43.5 Å². The molecule has 2 saturated heterocycles. The summed E-state index contributed by atoms with van der Waals surface area (Å²) in [7, 11) is 0. The minimum atomic E-state index is -2.84. The van der Waals surface area contributed by atoms with E-state index in [1.54, 1.807) is 24.3 Å². The van der Waals surface area contributed by atoms with Crippen molar-refractivity contribution in [1.82, 2.24) is 20.5 Å². The molecule has 0 bridgehead atoms. The lowest BCUT2D eigenvalue weighted by atomic mass is 9.72. The van der Waals surface area contributed by atoms with E-state index in [0.29, 0.717) is 49.4 Å². The summed E-state index contributed by atoms with van der Waals surface area (Å²) >= 11 is 0. The van der Waals surface area contributed by atoms with Crippen LogP contribution in [0, 0.1) is 5.92 Å². The molecule has 2 aromatic rings. The summed E-state index contributed by atoms with van der Waals surface area (Å²) in [5.41, 5.74) is 0.766. The number of likely N-dealkylation sites (tertiary alicyclic amines) is 1. The van der Waals surface area contributed by atoms with Crippen molar-refractivity contribution < 1.29 is 32.5 Å². The number of alkyl halides is 2. The Morgan fingerprint density at radius 3 is 2.35 bits per heavy atom. The quantitative estimate of drug-likeness (QED) is 0.507. The van der Waals surface area contributed by atoms with Crippen LogP contribution >= 0.6 is 0 Å². The number of nitrogens with one attached hydrogen (secondary N) is 2. The number of rotatable bonds is 8. The molecule has 12 heteroatoms. The highest BCUT2D eigenvalue weighted by atomic mass is 19.3. The number of carbonyl (C=O) groups excluding carboxylic acids is 3. The summed E-state index contributed by atoms with van der Waals surface area (Å²) in [6, 6.07) is 6.17. The van der Waals surface area contributed by atoms with Crippen molar-refractivity contribution in [3.05, 3.63) is 41.2 Å². The molecule has 5 rings (SSSR count). The molecule has 3 heterocycles. The highest BCUT2D eigenvalue weighted by Crippen LogP contribution is 2.40. The topological polar surface area (TPSA) is 127 Å². The Kier molecular flexibility index (Phi) is 8.16. The number of anilines is 1. The van der Waals surface area contributed by atoms with Gasteiger partial charge >= 0.3 is 0 Å². The second-order valence-electron chi connectivity index (χ2n) is 11.0. The van der Waals surface area contributed by atoms with Gasteiger partial charge in [-0.3, -0.25) is 14.4 Å². The number of hydrogen-bond acceptors (Lipinski definition) is 7. The number of hydrogen-bond donors (Lipinski definition) is 2. The van der Waals surface area contributed by atoms with Gasteiger partial charge in [0.05, 0.1) is 18.5 Å². The number of aromatic nitrogens is 2. The van der Waals surface area contributed by atoms with Crippen molar-refractivity contribution in [3.63, 3.8) is 0 Å². The van der Waals surface area contributed by atoms with Gasteiger partial charge in [-0.15, -0.1) is 0 Å². The van der Waals surface area contributed by atoms with Gasteiger partial charge in [0.2, 0.25) is 11.8 Å². The van der Waals surface area contributed by atoms with Crippen molar-refractivity contribution in [1.29, 1.82) is 0 Å². The molecule has 2 N–H and O–H groups in total. The Morgan fingerprint density at radius 2 is 1.73 bits per heavy atom. The molecule has 2 aliphatic heterocycles. The fourth-order valence-corrected chi connectivity index (χ4v) is 6.08. The van der Waals surface area contributed by atoms with Crippen LogP contribution < -0.4 is 10.6 Å². The third-order valence-electron chi connectivity index (χ3n) is 8.39. The Bertz CT molecular complexity index is 1210. The van der Waals surface area contributed by atoms with E-state index >= 15 is 0 Å². The molecule has 3 amide bonds. The molecule has 1 saturated carbocycles. The van der Waals surface area contributed by atoms with E-state index in [1.165, 1.54) is 4.90 Å². The maximum atomic E-state index is 13.5. The molecule has 0 spiro atoms. The summed E-state index contributed by atoms with van der Waals surface area (Å²) < 4.78 is 37.2. The Morgan fingerprint density at radius 1 is 1.05 bits per heavy atom. The molecule has 0 unspecified atom stereocenters. The van der Waals surface area contributed by atoms with E-state index in [2.05, 4.69) is 20.9 Å². The van der Waals surface area contributed by atoms with E-state index in [4.69, 9.17) is 9.37 Å². The van der Waals surface area contributed by atoms with E-state index in [1.807, 2.05) is 6.92 Å². The summed E-state index contributed by atoms with van der Waals surface area (Å²) in [5, 5.41) is 13.3. The molecule has 40 heavy (non-hydrogen) atoms. The number of nitrogens with zero attached hydrogens (tertiary/aromatic N) is 3. The van der Waals surface area contributed by atoms with Gasteiger partial charge in [0.15, 0.2) is 5.69 Å². The summed E-state index contributed by atoms with van der Waals surface area (Å²) in [6.07, 6.45) is 5.94. The minimum Gasteiger partial charge on any atom is -0.381 e. The zero-order valence-electron chi connectivity index (χ0n) is 22.6. The van der Waals surface area contributed by atoms with Crippen molar-refractivity contribution in [2.75, 3.05) is 31.6 Å². The molecular formula is C28H35F2N5O5.